The highest BCUT2D eigenvalue weighted by Crippen LogP contribution is 2.41. The van der Waals surface area contributed by atoms with Crippen LogP contribution in [0.1, 0.15) is 49.9 Å². The summed E-state index contributed by atoms with van der Waals surface area (Å²) < 4.78 is 26.1. The van der Waals surface area contributed by atoms with Gasteiger partial charge in [0, 0.05) is 16.7 Å². The molecule has 5 nitrogen and oxygen atoms in total. The molecule has 0 radical (unpaired) electrons. The second-order valence-electron chi connectivity index (χ2n) is 7.17. The first-order valence-electron chi connectivity index (χ1n) is 9.53. The highest BCUT2D eigenvalue weighted by atomic mass is 19.1. The molecule has 2 N–H and O–H groups in total. The Morgan fingerprint density at radius 2 is 1.87 bits per heavy atom. The van der Waals surface area contributed by atoms with Gasteiger partial charge in [-0.25, -0.2) is 4.39 Å². The maximum absolute atomic E-state index is 14.2. The van der Waals surface area contributed by atoms with Crippen molar-refractivity contribution in [2.45, 2.75) is 26.1 Å². The lowest BCUT2D eigenvalue weighted by Crippen LogP contribution is -2.22. The largest absolute Gasteiger partial charge is 0.488 e. The standard InChI is InChI=1S/C24H20FNO4/c1-14-21(29-13-15-6-8-16(9-7-15)24(26)28)11-10-18-20(27)12-22(30-23(14)18)17-4-2-3-5-19(17)25/h2-11,22H,12-13H2,1H3,(H2,26,28). The fraction of sp³-hybridized carbons (Fsp3) is 0.167. The van der Waals surface area contributed by atoms with Crippen molar-refractivity contribution in [1.82, 2.24) is 0 Å². The van der Waals surface area contributed by atoms with Gasteiger partial charge < -0.3 is 15.2 Å². The molecule has 1 atom stereocenters. The summed E-state index contributed by atoms with van der Waals surface area (Å²) in [4.78, 5) is 23.8. The van der Waals surface area contributed by atoms with Gasteiger partial charge in [0.1, 0.15) is 30.0 Å². The normalized spacial score (nSPS) is 15.3. The summed E-state index contributed by atoms with van der Waals surface area (Å²) in [5.74, 6) is -0.000534. The van der Waals surface area contributed by atoms with Gasteiger partial charge in [-0.05, 0) is 42.8 Å². The number of ketones is 1. The fourth-order valence-electron chi connectivity index (χ4n) is 3.50. The van der Waals surface area contributed by atoms with Crippen LogP contribution in [0.2, 0.25) is 0 Å². The molecule has 0 aromatic heterocycles. The molecule has 6 heteroatoms. The predicted molar refractivity (Wildman–Crippen MR) is 109 cm³/mol. The Morgan fingerprint density at radius 1 is 1.13 bits per heavy atom. The van der Waals surface area contributed by atoms with Gasteiger partial charge in [0.25, 0.3) is 0 Å². The van der Waals surface area contributed by atoms with Crippen molar-refractivity contribution in [3.63, 3.8) is 0 Å². The Balaban J connectivity index is 1.56. The van der Waals surface area contributed by atoms with Crippen LogP contribution in [-0.2, 0) is 6.61 Å². The minimum atomic E-state index is -0.679. The monoisotopic (exact) mass is 405 g/mol. The summed E-state index contributed by atoms with van der Waals surface area (Å²) >= 11 is 0. The highest BCUT2D eigenvalue weighted by Gasteiger charge is 2.31. The molecule has 4 rings (SSSR count). The first-order chi connectivity index (χ1) is 14.4. The Morgan fingerprint density at radius 3 is 2.57 bits per heavy atom. The summed E-state index contributed by atoms with van der Waals surface area (Å²) in [7, 11) is 0. The summed E-state index contributed by atoms with van der Waals surface area (Å²) in [6, 6.07) is 16.5. The molecule has 1 aliphatic heterocycles. The maximum atomic E-state index is 14.2. The van der Waals surface area contributed by atoms with Crippen molar-refractivity contribution in [2.24, 2.45) is 5.73 Å². The van der Waals surface area contributed by atoms with E-state index in [4.69, 9.17) is 15.2 Å². The number of benzene rings is 3. The minimum absolute atomic E-state index is 0.0831. The second-order valence-corrected chi connectivity index (χ2v) is 7.17. The summed E-state index contributed by atoms with van der Waals surface area (Å²) in [6.45, 7) is 2.07. The van der Waals surface area contributed by atoms with Gasteiger partial charge in [-0.3, -0.25) is 9.59 Å². The van der Waals surface area contributed by atoms with E-state index < -0.39 is 17.8 Å². The third kappa shape index (κ3) is 3.76. The van der Waals surface area contributed by atoms with E-state index in [1.165, 1.54) is 6.07 Å². The molecule has 0 spiro atoms. The number of rotatable bonds is 5. The zero-order valence-corrected chi connectivity index (χ0v) is 16.4. The number of ether oxygens (including phenoxy) is 2. The van der Waals surface area contributed by atoms with Crippen LogP contribution in [0.4, 0.5) is 4.39 Å². The molecule has 0 saturated carbocycles. The van der Waals surface area contributed by atoms with Gasteiger partial charge in [0.15, 0.2) is 5.78 Å². The van der Waals surface area contributed by atoms with E-state index in [9.17, 15) is 14.0 Å². The molecule has 0 bridgehead atoms. The number of primary amides is 1. The number of carbonyl (C=O) groups excluding carboxylic acids is 2. The Kier molecular flexibility index (Phi) is 5.23. The molecular formula is C24H20FNO4. The van der Waals surface area contributed by atoms with E-state index in [-0.39, 0.29) is 18.8 Å². The van der Waals surface area contributed by atoms with Crippen LogP contribution in [-0.4, -0.2) is 11.7 Å². The molecule has 1 aliphatic rings. The summed E-state index contributed by atoms with van der Waals surface area (Å²) in [6.07, 6.45) is -0.596. The Labute approximate surface area is 173 Å². The van der Waals surface area contributed by atoms with Crippen molar-refractivity contribution < 1.29 is 23.5 Å². The number of amides is 1. The third-order valence-electron chi connectivity index (χ3n) is 5.17. The van der Waals surface area contributed by atoms with E-state index >= 15 is 0 Å². The Bertz CT molecular complexity index is 1120. The Hall–Kier alpha value is -3.67. The van der Waals surface area contributed by atoms with Gasteiger partial charge in [-0.15, -0.1) is 0 Å². The van der Waals surface area contributed by atoms with E-state index in [1.54, 1.807) is 61.5 Å². The van der Waals surface area contributed by atoms with Gasteiger partial charge in [-0.1, -0.05) is 30.3 Å². The number of hydrogen-bond acceptors (Lipinski definition) is 4. The van der Waals surface area contributed by atoms with Crippen LogP contribution >= 0.6 is 0 Å². The van der Waals surface area contributed by atoms with Gasteiger partial charge in [0.05, 0.1) is 12.0 Å². The van der Waals surface area contributed by atoms with Gasteiger partial charge in [-0.2, -0.15) is 0 Å². The molecule has 1 unspecified atom stereocenters. The number of nitrogens with two attached hydrogens (primary N) is 1. The van der Waals surface area contributed by atoms with Gasteiger partial charge >= 0.3 is 0 Å². The molecule has 3 aromatic rings. The van der Waals surface area contributed by atoms with Crippen LogP contribution in [0.25, 0.3) is 0 Å². The lowest BCUT2D eigenvalue weighted by Gasteiger charge is -2.28. The molecule has 1 heterocycles. The molecule has 30 heavy (non-hydrogen) atoms. The van der Waals surface area contributed by atoms with Crippen molar-refractivity contribution in [1.29, 1.82) is 0 Å². The first-order valence-corrected chi connectivity index (χ1v) is 9.53. The van der Waals surface area contributed by atoms with Crippen LogP contribution < -0.4 is 15.2 Å². The molecule has 0 fully saturated rings. The second kappa shape index (κ2) is 7.99. The predicted octanol–water partition coefficient (Wildman–Crippen LogP) is 4.52. The molecule has 0 aliphatic carbocycles. The number of carbonyl (C=O) groups is 2. The first kappa shape index (κ1) is 19.6. The smallest absolute Gasteiger partial charge is 0.248 e. The topological polar surface area (TPSA) is 78.6 Å². The number of hydrogen-bond donors (Lipinski definition) is 1. The van der Waals surface area contributed by atoms with Crippen molar-refractivity contribution in [3.05, 3.63) is 94.3 Å². The molecule has 152 valence electrons. The fourth-order valence-corrected chi connectivity index (χ4v) is 3.50. The molecule has 0 saturated heterocycles. The molecule has 1 amide bonds. The van der Waals surface area contributed by atoms with E-state index in [2.05, 4.69) is 0 Å². The number of fused-ring (bicyclic) bond motifs is 1. The number of halogens is 1. The lowest BCUT2D eigenvalue weighted by molar-refractivity contribution is 0.0842. The third-order valence-corrected chi connectivity index (χ3v) is 5.17. The number of Topliss-reactive ketones (excluding diaryl/α,β-unsaturated/α-hetero) is 1. The zero-order chi connectivity index (χ0) is 21.3. The van der Waals surface area contributed by atoms with Crippen LogP contribution in [0, 0.1) is 12.7 Å². The van der Waals surface area contributed by atoms with Crippen molar-refractivity contribution in [2.75, 3.05) is 0 Å². The molecule has 3 aromatic carbocycles. The molecular weight excluding hydrogens is 385 g/mol. The van der Waals surface area contributed by atoms with Crippen molar-refractivity contribution >= 4 is 11.7 Å². The van der Waals surface area contributed by atoms with Crippen LogP contribution in [0.15, 0.2) is 60.7 Å². The summed E-state index contributed by atoms with van der Waals surface area (Å²) in [5, 5.41) is 0. The minimum Gasteiger partial charge on any atom is -0.488 e. The van der Waals surface area contributed by atoms with E-state index in [0.29, 0.717) is 33.8 Å². The van der Waals surface area contributed by atoms with Gasteiger partial charge in [0.2, 0.25) is 5.91 Å². The maximum Gasteiger partial charge on any atom is 0.248 e. The zero-order valence-electron chi connectivity index (χ0n) is 16.4. The lowest BCUT2D eigenvalue weighted by atomic mass is 9.94. The van der Waals surface area contributed by atoms with E-state index in [0.717, 1.165) is 5.56 Å². The van der Waals surface area contributed by atoms with Crippen LogP contribution in [0.5, 0.6) is 11.5 Å². The van der Waals surface area contributed by atoms with Crippen molar-refractivity contribution in [3.8, 4) is 11.5 Å². The SMILES string of the molecule is Cc1c(OCc2ccc(C(N)=O)cc2)ccc2c1OC(c1ccccc1F)CC2=O. The summed E-state index contributed by atoms with van der Waals surface area (Å²) in [5.41, 5.74) is 8.04. The van der Waals surface area contributed by atoms with Crippen LogP contribution in [0.3, 0.4) is 0 Å². The van der Waals surface area contributed by atoms with E-state index in [1.807, 2.05) is 0 Å². The average Bonchev–Trinajstić information content (AvgIpc) is 2.74. The average molecular weight is 405 g/mol. The highest BCUT2D eigenvalue weighted by molar-refractivity contribution is 6.00. The quantitative estimate of drug-likeness (QED) is 0.677.